The highest BCUT2D eigenvalue weighted by molar-refractivity contribution is 9.10. The number of nitrogens with one attached hydrogen (secondary N) is 1. The molecule has 1 aromatic heterocycles. The zero-order chi connectivity index (χ0) is 21.3. The van der Waals surface area contributed by atoms with E-state index >= 15 is 0 Å². The molecule has 2 aromatic carbocycles. The van der Waals surface area contributed by atoms with Crippen LogP contribution in [-0.2, 0) is 14.8 Å². The Morgan fingerprint density at radius 1 is 1.21 bits per heavy atom. The highest BCUT2D eigenvalue weighted by Crippen LogP contribution is 2.40. The Labute approximate surface area is 177 Å². The van der Waals surface area contributed by atoms with Gasteiger partial charge in [0.1, 0.15) is 22.7 Å². The number of furan rings is 1. The first-order chi connectivity index (χ1) is 13.7. The van der Waals surface area contributed by atoms with Gasteiger partial charge in [-0.2, -0.15) is 0 Å². The molecule has 0 saturated heterocycles. The molecule has 0 saturated carbocycles. The number of hydrogen-bond acceptors (Lipinski definition) is 6. The molecule has 9 heteroatoms. The number of rotatable bonds is 6. The van der Waals surface area contributed by atoms with E-state index in [9.17, 15) is 13.2 Å². The van der Waals surface area contributed by atoms with Gasteiger partial charge in [0.25, 0.3) is 10.0 Å². The van der Waals surface area contributed by atoms with Crippen molar-refractivity contribution in [2.45, 2.75) is 25.7 Å². The number of hydrogen-bond donors (Lipinski definition) is 1. The Morgan fingerprint density at radius 2 is 1.86 bits per heavy atom. The van der Waals surface area contributed by atoms with Gasteiger partial charge in [0.05, 0.1) is 34.2 Å². The molecule has 0 bridgehead atoms. The summed E-state index contributed by atoms with van der Waals surface area (Å²) in [6, 6.07) is 7.72. The van der Waals surface area contributed by atoms with Crippen molar-refractivity contribution >= 4 is 48.6 Å². The minimum Gasteiger partial charge on any atom is -0.497 e. The molecule has 0 aliphatic rings. The Hall–Kier alpha value is -2.52. The largest absolute Gasteiger partial charge is 0.497 e. The fourth-order valence-electron chi connectivity index (χ4n) is 2.98. The molecule has 0 aliphatic carbocycles. The van der Waals surface area contributed by atoms with Gasteiger partial charge in [-0.05, 0) is 72.6 Å². The second-order valence-electron chi connectivity index (χ2n) is 6.29. The van der Waals surface area contributed by atoms with Gasteiger partial charge >= 0.3 is 5.97 Å². The summed E-state index contributed by atoms with van der Waals surface area (Å²) in [5.41, 5.74) is 1.67. The van der Waals surface area contributed by atoms with Crippen LogP contribution in [-0.4, -0.2) is 28.1 Å². The van der Waals surface area contributed by atoms with E-state index in [-0.39, 0.29) is 17.1 Å². The molecule has 3 aromatic rings. The number of halogens is 1. The summed E-state index contributed by atoms with van der Waals surface area (Å²) in [5, 5.41) is 0.457. The van der Waals surface area contributed by atoms with Crippen molar-refractivity contribution in [1.82, 2.24) is 0 Å². The van der Waals surface area contributed by atoms with Gasteiger partial charge in [-0.15, -0.1) is 0 Å². The second kappa shape index (κ2) is 8.08. The van der Waals surface area contributed by atoms with Crippen LogP contribution in [0.5, 0.6) is 5.75 Å². The number of aryl methyl sites for hydroxylation is 2. The molecule has 7 nitrogen and oxygen atoms in total. The maximum atomic E-state index is 12.9. The summed E-state index contributed by atoms with van der Waals surface area (Å²) < 4.78 is 44.7. The molecule has 0 aliphatic heterocycles. The van der Waals surface area contributed by atoms with E-state index in [1.54, 1.807) is 39.0 Å². The summed E-state index contributed by atoms with van der Waals surface area (Å²) in [4.78, 5) is 12.5. The molecule has 29 heavy (non-hydrogen) atoms. The fraction of sp³-hybridized carbons (Fsp3) is 0.250. The molecule has 0 radical (unpaired) electrons. The molecule has 1 heterocycles. The van der Waals surface area contributed by atoms with Crippen LogP contribution >= 0.6 is 15.9 Å². The van der Waals surface area contributed by atoms with E-state index in [1.165, 1.54) is 19.2 Å². The van der Waals surface area contributed by atoms with Crippen molar-refractivity contribution in [1.29, 1.82) is 0 Å². The van der Waals surface area contributed by atoms with Crippen LogP contribution in [0, 0.1) is 13.8 Å². The molecule has 0 amide bonds. The predicted molar refractivity (Wildman–Crippen MR) is 113 cm³/mol. The summed E-state index contributed by atoms with van der Waals surface area (Å²) in [6.07, 6.45) is 0. The average molecular weight is 482 g/mol. The molecule has 1 N–H and O–H groups in total. The zero-order valence-corrected chi connectivity index (χ0v) is 18.7. The number of fused-ring (bicyclic) bond motifs is 1. The normalized spacial score (nSPS) is 11.5. The van der Waals surface area contributed by atoms with E-state index in [0.717, 1.165) is 0 Å². The van der Waals surface area contributed by atoms with E-state index in [0.29, 0.717) is 38.2 Å². The summed E-state index contributed by atoms with van der Waals surface area (Å²) in [6.45, 7) is 5.34. The SMILES string of the molecule is CCOC(=O)c1c(C)oc2cc(C)c(NS(=O)(=O)c3ccc(OC)cc3)c(Br)c12. The number of carbonyl (C=O) groups is 1. The van der Waals surface area contributed by atoms with Crippen LogP contribution < -0.4 is 9.46 Å². The Morgan fingerprint density at radius 3 is 2.45 bits per heavy atom. The lowest BCUT2D eigenvalue weighted by Gasteiger charge is -2.14. The Bertz CT molecular complexity index is 1180. The van der Waals surface area contributed by atoms with Crippen LogP contribution in [0.25, 0.3) is 11.0 Å². The first kappa shape index (κ1) is 21.2. The van der Waals surface area contributed by atoms with Gasteiger partial charge in [-0.25, -0.2) is 13.2 Å². The lowest BCUT2D eigenvalue weighted by atomic mass is 10.1. The summed E-state index contributed by atoms with van der Waals surface area (Å²) in [5.74, 6) is 0.418. The minimum absolute atomic E-state index is 0.0821. The number of esters is 1. The van der Waals surface area contributed by atoms with Crippen LogP contribution in [0.4, 0.5) is 5.69 Å². The van der Waals surface area contributed by atoms with Gasteiger partial charge in [-0.1, -0.05) is 0 Å². The number of sulfonamides is 1. The van der Waals surface area contributed by atoms with Crippen molar-refractivity contribution in [2.24, 2.45) is 0 Å². The first-order valence-corrected chi connectivity index (χ1v) is 11.0. The van der Waals surface area contributed by atoms with E-state index in [2.05, 4.69) is 20.7 Å². The third kappa shape index (κ3) is 3.97. The number of ether oxygens (including phenoxy) is 2. The van der Waals surface area contributed by atoms with Gasteiger partial charge < -0.3 is 13.9 Å². The molecule has 0 fully saturated rings. The van der Waals surface area contributed by atoms with E-state index < -0.39 is 16.0 Å². The van der Waals surface area contributed by atoms with Crippen LogP contribution in [0.1, 0.15) is 28.6 Å². The smallest absolute Gasteiger partial charge is 0.342 e. The van der Waals surface area contributed by atoms with Gasteiger partial charge in [0.2, 0.25) is 0 Å². The molecule has 0 unspecified atom stereocenters. The minimum atomic E-state index is -3.87. The average Bonchev–Trinajstić information content (AvgIpc) is 3.01. The van der Waals surface area contributed by atoms with Crippen molar-refractivity contribution in [3.63, 3.8) is 0 Å². The molecule has 3 rings (SSSR count). The molecular weight excluding hydrogens is 462 g/mol. The van der Waals surface area contributed by atoms with Crippen molar-refractivity contribution in [3.05, 3.63) is 51.7 Å². The Kier molecular flexibility index (Phi) is 5.90. The van der Waals surface area contributed by atoms with Gasteiger partial charge in [0, 0.05) is 0 Å². The quantitative estimate of drug-likeness (QED) is 0.508. The van der Waals surface area contributed by atoms with Crippen molar-refractivity contribution in [3.8, 4) is 5.75 Å². The lowest BCUT2D eigenvalue weighted by Crippen LogP contribution is -2.14. The van der Waals surface area contributed by atoms with Crippen molar-refractivity contribution < 1.29 is 27.1 Å². The lowest BCUT2D eigenvalue weighted by molar-refractivity contribution is 0.0526. The topological polar surface area (TPSA) is 94.8 Å². The molecule has 0 spiro atoms. The third-order valence-electron chi connectivity index (χ3n) is 4.38. The second-order valence-corrected chi connectivity index (χ2v) is 8.77. The van der Waals surface area contributed by atoms with Gasteiger partial charge in [0.15, 0.2) is 0 Å². The number of methoxy groups -OCH3 is 1. The predicted octanol–water partition coefficient (Wildman–Crippen LogP) is 4.80. The number of benzene rings is 2. The highest BCUT2D eigenvalue weighted by atomic mass is 79.9. The molecular formula is C20H20BrNO6S. The maximum absolute atomic E-state index is 12.9. The Balaban J connectivity index is 2.11. The monoisotopic (exact) mass is 481 g/mol. The number of carbonyl (C=O) groups excluding carboxylic acids is 1. The van der Waals surface area contributed by atoms with Gasteiger partial charge in [-0.3, -0.25) is 4.72 Å². The summed E-state index contributed by atoms with van der Waals surface area (Å²) in [7, 11) is -2.37. The molecule has 0 atom stereocenters. The maximum Gasteiger partial charge on any atom is 0.342 e. The van der Waals surface area contributed by atoms with E-state index in [4.69, 9.17) is 13.9 Å². The van der Waals surface area contributed by atoms with Crippen LogP contribution in [0.2, 0.25) is 0 Å². The highest BCUT2D eigenvalue weighted by Gasteiger charge is 2.26. The van der Waals surface area contributed by atoms with Crippen LogP contribution in [0.3, 0.4) is 0 Å². The fourth-order valence-corrected chi connectivity index (χ4v) is 5.06. The number of anilines is 1. The van der Waals surface area contributed by atoms with Crippen molar-refractivity contribution in [2.75, 3.05) is 18.4 Å². The third-order valence-corrected chi connectivity index (χ3v) is 6.54. The first-order valence-electron chi connectivity index (χ1n) is 8.75. The molecule has 154 valence electrons. The standard InChI is InChI=1S/C20H20BrNO6S/c1-5-27-20(23)16-12(3)28-15-10-11(2)19(18(21)17(15)16)22-29(24,25)14-8-6-13(26-4)7-9-14/h6-10,22H,5H2,1-4H3. The zero-order valence-electron chi connectivity index (χ0n) is 16.3. The van der Waals surface area contributed by atoms with Crippen LogP contribution in [0.15, 0.2) is 44.1 Å². The van der Waals surface area contributed by atoms with E-state index in [1.807, 2.05) is 0 Å². The summed E-state index contributed by atoms with van der Waals surface area (Å²) >= 11 is 3.45.